The van der Waals surface area contributed by atoms with Crippen molar-refractivity contribution in [1.82, 2.24) is 5.32 Å². The summed E-state index contributed by atoms with van der Waals surface area (Å²) in [7, 11) is 1.59. The number of carbonyl (C=O) groups excluding carboxylic acids is 2. The molecule has 2 rings (SSSR count). The number of carbonyl (C=O) groups is 2. The third-order valence-electron chi connectivity index (χ3n) is 3.56. The molecule has 7 heteroatoms. The fourth-order valence-corrected chi connectivity index (χ4v) is 3.58. The largest absolute Gasteiger partial charge is 0.383 e. The van der Waals surface area contributed by atoms with Gasteiger partial charge in [-0.15, -0.1) is 11.8 Å². The molecular weight excluding hydrogens is 416 g/mol. The summed E-state index contributed by atoms with van der Waals surface area (Å²) in [4.78, 5) is 25.3. The first-order chi connectivity index (χ1) is 12.5. The number of anilines is 1. The molecule has 0 heterocycles. The van der Waals surface area contributed by atoms with E-state index in [1.165, 1.54) is 11.8 Å². The number of thioether (sulfide) groups is 1. The van der Waals surface area contributed by atoms with Crippen LogP contribution in [-0.4, -0.2) is 37.8 Å². The first-order valence-corrected chi connectivity index (χ1v) is 9.84. The Hall–Kier alpha value is -1.83. The van der Waals surface area contributed by atoms with Crippen molar-refractivity contribution in [3.05, 3.63) is 58.1 Å². The maximum absolute atomic E-state index is 12.7. The average molecular weight is 437 g/mol. The maximum Gasteiger partial charge on any atom is 0.256 e. The predicted octanol–water partition coefficient (Wildman–Crippen LogP) is 3.86. The van der Waals surface area contributed by atoms with Crippen LogP contribution in [0.25, 0.3) is 0 Å². The SMILES string of the molecule is COCCNC(=O)CSc1ccccc1C(=O)Nc1ccc(Br)cc1C. The summed E-state index contributed by atoms with van der Waals surface area (Å²) in [6.07, 6.45) is 0. The van der Waals surface area contributed by atoms with Crippen LogP contribution in [-0.2, 0) is 9.53 Å². The molecule has 0 saturated carbocycles. The van der Waals surface area contributed by atoms with Crippen molar-refractivity contribution in [3.8, 4) is 0 Å². The molecule has 0 radical (unpaired) electrons. The molecule has 0 saturated heterocycles. The third-order valence-corrected chi connectivity index (χ3v) is 5.12. The zero-order chi connectivity index (χ0) is 18.9. The maximum atomic E-state index is 12.7. The van der Waals surface area contributed by atoms with Gasteiger partial charge >= 0.3 is 0 Å². The minimum Gasteiger partial charge on any atom is -0.383 e. The molecule has 0 aliphatic heterocycles. The molecule has 0 unspecified atom stereocenters. The van der Waals surface area contributed by atoms with Crippen molar-refractivity contribution in [2.45, 2.75) is 11.8 Å². The minimum absolute atomic E-state index is 0.0917. The number of aryl methyl sites for hydroxylation is 1. The Labute approximate surface area is 166 Å². The summed E-state index contributed by atoms with van der Waals surface area (Å²) < 4.78 is 5.86. The highest BCUT2D eigenvalue weighted by molar-refractivity contribution is 9.10. The Kier molecular flexibility index (Phi) is 8.15. The van der Waals surface area contributed by atoms with E-state index in [4.69, 9.17) is 4.74 Å². The van der Waals surface area contributed by atoms with E-state index in [0.29, 0.717) is 18.7 Å². The minimum atomic E-state index is -0.196. The summed E-state index contributed by atoms with van der Waals surface area (Å²) in [5.41, 5.74) is 2.27. The standard InChI is InChI=1S/C19H21BrN2O3S/c1-13-11-14(20)7-8-16(13)22-19(24)15-5-3-4-6-17(15)26-12-18(23)21-9-10-25-2/h3-8,11H,9-10,12H2,1-2H3,(H,21,23)(H,22,24). The third kappa shape index (κ3) is 6.16. The van der Waals surface area contributed by atoms with Crippen LogP contribution in [0.1, 0.15) is 15.9 Å². The van der Waals surface area contributed by atoms with Gasteiger partial charge in [0.1, 0.15) is 0 Å². The van der Waals surface area contributed by atoms with Gasteiger partial charge in [-0.3, -0.25) is 9.59 Å². The van der Waals surface area contributed by atoms with Crippen LogP contribution in [0.5, 0.6) is 0 Å². The Bertz CT molecular complexity index is 783. The van der Waals surface area contributed by atoms with Crippen molar-refractivity contribution in [1.29, 1.82) is 0 Å². The van der Waals surface area contributed by atoms with Crippen LogP contribution in [0, 0.1) is 6.92 Å². The molecule has 138 valence electrons. The van der Waals surface area contributed by atoms with Crippen molar-refractivity contribution >= 4 is 45.2 Å². The van der Waals surface area contributed by atoms with E-state index < -0.39 is 0 Å². The molecule has 2 aromatic rings. The van der Waals surface area contributed by atoms with E-state index in [-0.39, 0.29) is 17.6 Å². The van der Waals surface area contributed by atoms with Gasteiger partial charge in [0.15, 0.2) is 0 Å². The van der Waals surface area contributed by atoms with Gasteiger partial charge in [-0.1, -0.05) is 28.1 Å². The number of nitrogens with one attached hydrogen (secondary N) is 2. The van der Waals surface area contributed by atoms with Crippen LogP contribution < -0.4 is 10.6 Å². The van der Waals surface area contributed by atoms with Crippen LogP contribution in [0.3, 0.4) is 0 Å². The highest BCUT2D eigenvalue weighted by Gasteiger charge is 2.14. The number of ether oxygens (including phenoxy) is 1. The second-order valence-corrected chi connectivity index (χ2v) is 7.47. The normalized spacial score (nSPS) is 10.4. The zero-order valence-corrected chi connectivity index (χ0v) is 17.1. The smallest absolute Gasteiger partial charge is 0.256 e. The lowest BCUT2D eigenvalue weighted by atomic mass is 10.1. The van der Waals surface area contributed by atoms with Gasteiger partial charge in [0.05, 0.1) is 17.9 Å². The van der Waals surface area contributed by atoms with E-state index in [0.717, 1.165) is 20.6 Å². The molecule has 0 atom stereocenters. The summed E-state index contributed by atoms with van der Waals surface area (Å²) in [5, 5.41) is 5.70. The van der Waals surface area contributed by atoms with Crippen molar-refractivity contribution in [2.24, 2.45) is 0 Å². The van der Waals surface area contributed by atoms with Crippen molar-refractivity contribution in [2.75, 3.05) is 31.3 Å². The van der Waals surface area contributed by atoms with Gasteiger partial charge in [0, 0.05) is 28.7 Å². The number of halogens is 1. The summed E-state index contributed by atoms with van der Waals surface area (Å²) in [6, 6.07) is 13.0. The molecule has 0 fully saturated rings. The molecule has 5 nitrogen and oxygen atoms in total. The lowest BCUT2D eigenvalue weighted by Gasteiger charge is -2.12. The van der Waals surface area contributed by atoms with Gasteiger partial charge in [0.2, 0.25) is 5.91 Å². The number of rotatable bonds is 8. The highest BCUT2D eigenvalue weighted by Crippen LogP contribution is 2.25. The second-order valence-electron chi connectivity index (χ2n) is 5.54. The fraction of sp³-hybridized carbons (Fsp3) is 0.263. The number of hydrogen-bond donors (Lipinski definition) is 2. The van der Waals surface area contributed by atoms with E-state index in [2.05, 4.69) is 26.6 Å². The molecule has 0 bridgehead atoms. The van der Waals surface area contributed by atoms with Crippen LogP contribution in [0.2, 0.25) is 0 Å². The molecule has 0 aliphatic carbocycles. The summed E-state index contributed by atoms with van der Waals surface area (Å²) in [5.74, 6) is -0.0463. The van der Waals surface area contributed by atoms with E-state index >= 15 is 0 Å². The highest BCUT2D eigenvalue weighted by atomic mass is 79.9. The van der Waals surface area contributed by atoms with E-state index in [1.807, 2.05) is 43.3 Å². The molecule has 2 aromatic carbocycles. The van der Waals surface area contributed by atoms with Crippen LogP contribution in [0.15, 0.2) is 51.8 Å². The number of amides is 2. The van der Waals surface area contributed by atoms with Gasteiger partial charge in [-0.05, 0) is 42.8 Å². The first kappa shape index (κ1) is 20.5. The molecule has 0 aromatic heterocycles. The number of benzene rings is 2. The number of hydrogen-bond acceptors (Lipinski definition) is 4. The number of methoxy groups -OCH3 is 1. The molecule has 2 amide bonds. The topological polar surface area (TPSA) is 67.4 Å². The summed E-state index contributed by atoms with van der Waals surface area (Å²) >= 11 is 4.75. The molecule has 26 heavy (non-hydrogen) atoms. The first-order valence-electron chi connectivity index (χ1n) is 8.06. The zero-order valence-electron chi connectivity index (χ0n) is 14.7. The Morgan fingerprint density at radius 2 is 1.96 bits per heavy atom. The average Bonchev–Trinajstić information content (AvgIpc) is 2.62. The van der Waals surface area contributed by atoms with Crippen molar-refractivity contribution < 1.29 is 14.3 Å². The molecular formula is C19H21BrN2O3S. The monoisotopic (exact) mass is 436 g/mol. The fourth-order valence-electron chi connectivity index (χ4n) is 2.22. The van der Waals surface area contributed by atoms with E-state index in [1.54, 1.807) is 13.2 Å². The molecule has 0 spiro atoms. The Morgan fingerprint density at radius 3 is 2.69 bits per heavy atom. The van der Waals surface area contributed by atoms with Gasteiger partial charge in [0.25, 0.3) is 5.91 Å². The van der Waals surface area contributed by atoms with Gasteiger partial charge < -0.3 is 15.4 Å². The van der Waals surface area contributed by atoms with Gasteiger partial charge in [-0.25, -0.2) is 0 Å². The van der Waals surface area contributed by atoms with Gasteiger partial charge in [-0.2, -0.15) is 0 Å². The van der Waals surface area contributed by atoms with E-state index in [9.17, 15) is 9.59 Å². The second kappa shape index (κ2) is 10.4. The molecule has 2 N–H and O–H groups in total. The van der Waals surface area contributed by atoms with Crippen molar-refractivity contribution in [3.63, 3.8) is 0 Å². The predicted molar refractivity (Wildman–Crippen MR) is 109 cm³/mol. The Morgan fingerprint density at radius 1 is 1.19 bits per heavy atom. The Balaban J connectivity index is 2.03. The lowest BCUT2D eigenvalue weighted by molar-refractivity contribution is -0.118. The lowest BCUT2D eigenvalue weighted by Crippen LogP contribution is -2.28. The quantitative estimate of drug-likeness (QED) is 0.486. The molecule has 0 aliphatic rings. The van der Waals surface area contributed by atoms with Crippen LogP contribution in [0.4, 0.5) is 5.69 Å². The summed E-state index contributed by atoms with van der Waals surface area (Å²) in [6.45, 7) is 2.88. The van der Waals surface area contributed by atoms with Crippen LogP contribution >= 0.6 is 27.7 Å².